The van der Waals surface area contributed by atoms with E-state index in [1.165, 1.54) is 19.2 Å². The molecule has 0 amide bonds. The molecule has 0 bridgehead atoms. The van der Waals surface area contributed by atoms with Crippen molar-refractivity contribution in [2.45, 2.75) is 11.0 Å². The zero-order chi connectivity index (χ0) is 11.6. The van der Waals surface area contributed by atoms with Gasteiger partial charge in [-0.25, -0.2) is 13.1 Å². The summed E-state index contributed by atoms with van der Waals surface area (Å²) < 4.78 is 30.7. The Hall–Kier alpha value is -1.11. The number of nitrogens with one attached hydrogen (secondary N) is 2. The molecule has 1 aliphatic rings. The summed E-state index contributed by atoms with van der Waals surface area (Å²) in [4.78, 5) is 0.245. The third-order valence-corrected chi connectivity index (χ3v) is 3.88. The van der Waals surface area contributed by atoms with Crippen LogP contribution in [0.15, 0.2) is 29.2 Å². The summed E-state index contributed by atoms with van der Waals surface area (Å²) in [6.07, 6.45) is 0.201. The number of ether oxygens (including phenoxy) is 1. The Balaban J connectivity index is 2.09. The van der Waals surface area contributed by atoms with E-state index >= 15 is 0 Å². The van der Waals surface area contributed by atoms with Crippen molar-refractivity contribution in [1.29, 1.82) is 0 Å². The number of rotatable bonds is 4. The van der Waals surface area contributed by atoms with E-state index in [0.717, 1.165) is 13.1 Å². The second-order valence-electron chi connectivity index (χ2n) is 3.58. The summed E-state index contributed by atoms with van der Waals surface area (Å²) >= 11 is 0. The van der Waals surface area contributed by atoms with E-state index in [9.17, 15) is 8.42 Å². The van der Waals surface area contributed by atoms with Crippen LogP contribution in [0, 0.1) is 0 Å². The summed E-state index contributed by atoms with van der Waals surface area (Å²) in [5, 5.41) is 3.10. The Kier molecular flexibility index (Phi) is 3.13. The molecular formula is C10H14N2O3S. The zero-order valence-electron chi connectivity index (χ0n) is 8.93. The van der Waals surface area contributed by atoms with Crippen LogP contribution in [0.2, 0.25) is 0 Å². The average molecular weight is 242 g/mol. The van der Waals surface area contributed by atoms with E-state index in [2.05, 4.69) is 10.0 Å². The minimum atomic E-state index is -3.35. The SMILES string of the molecule is CNS(=O)(=O)c1ccc(OC2CNC2)cc1. The normalized spacial score (nSPS) is 16.8. The van der Waals surface area contributed by atoms with E-state index in [1.807, 2.05) is 0 Å². The highest BCUT2D eigenvalue weighted by molar-refractivity contribution is 7.89. The molecule has 5 nitrogen and oxygen atoms in total. The molecule has 2 N–H and O–H groups in total. The van der Waals surface area contributed by atoms with Crippen LogP contribution in [0.4, 0.5) is 0 Å². The van der Waals surface area contributed by atoms with Crippen molar-refractivity contribution in [3.63, 3.8) is 0 Å². The minimum Gasteiger partial charge on any atom is -0.488 e. The van der Waals surface area contributed by atoms with Crippen LogP contribution < -0.4 is 14.8 Å². The summed E-state index contributed by atoms with van der Waals surface area (Å²) in [7, 11) is -1.96. The molecule has 2 rings (SSSR count). The highest BCUT2D eigenvalue weighted by Crippen LogP contribution is 2.17. The molecule has 0 saturated carbocycles. The van der Waals surface area contributed by atoms with Gasteiger partial charge < -0.3 is 10.1 Å². The molecule has 0 aliphatic carbocycles. The van der Waals surface area contributed by atoms with E-state index < -0.39 is 10.0 Å². The Bertz CT molecular complexity index is 451. The molecule has 1 aromatic carbocycles. The van der Waals surface area contributed by atoms with E-state index in [-0.39, 0.29) is 11.0 Å². The highest BCUT2D eigenvalue weighted by atomic mass is 32.2. The van der Waals surface area contributed by atoms with Crippen LogP contribution in [-0.2, 0) is 10.0 Å². The van der Waals surface area contributed by atoms with Crippen LogP contribution in [0.1, 0.15) is 0 Å². The molecule has 1 heterocycles. The van der Waals surface area contributed by atoms with Gasteiger partial charge in [-0.3, -0.25) is 0 Å². The van der Waals surface area contributed by atoms with Crippen LogP contribution in [0.3, 0.4) is 0 Å². The van der Waals surface area contributed by atoms with Crippen LogP contribution in [0.25, 0.3) is 0 Å². The van der Waals surface area contributed by atoms with Gasteiger partial charge in [-0.2, -0.15) is 0 Å². The van der Waals surface area contributed by atoms with Gasteiger partial charge >= 0.3 is 0 Å². The topological polar surface area (TPSA) is 67.4 Å². The fourth-order valence-electron chi connectivity index (χ4n) is 1.35. The molecule has 1 aliphatic heterocycles. The van der Waals surface area contributed by atoms with Gasteiger partial charge in [0, 0.05) is 13.1 Å². The molecule has 16 heavy (non-hydrogen) atoms. The fourth-order valence-corrected chi connectivity index (χ4v) is 2.08. The predicted octanol–water partition coefficient (Wildman–Crippen LogP) is -0.0547. The summed E-state index contributed by atoms with van der Waals surface area (Å²) in [6.45, 7) is 1.69. The smallest absolute Gasteiger partial charge is 0.240 e. The van der Waals surface area contributed by atoms with Gasteiger partial charge in [0.15, 0.2) is 0 Å². The van der Waals surface area contributed by atoms with Crippen molar-refractivity contribution in [2.75, 3.05) is 20.1 Å². The molecule has 1 fully saturated rings. The lowest BCUT2D eigenvalue weighted by Gasteiger charge is -2.27. The molecule has 0 unspecified atom stereocenters. The van der Waals surface area contributed by atoms with Gasteiger partial charge in [-0.15, -0.1) is 0 Å². The molecule has 0 aromatic heterocycles. The quantitative estimate of drug-likeness (QED) is 0.776. The fraction of sp³-hybridized carbons (Fsp3) is 0.400. The van der Waals surface area contributed by atoms with Gasteiger partial charge in [-0.05, 0) is 31.3 Å². The van der Waals surface area contributed by atoms with E-state index in [1.54, 1.807) is 12.1 Å². The maximum Gasteiger partial charge on any atom is 0.240 e. The monoisotopic (exact) mass is 242 g/mol. The van der Waals surface area contributed by atoms with Crippen LogP contribution in [0.5, 0.6) is 5.75 Å². The van der Waals surface area contributed by atoms with Crippen molar-refractivity contribution < 1.29 is 13.2 Å². The first-order valence-electron chi connectivity index (χ1n) is 5.03. The number of hydrogen-bond acceptors (Lipinski definition) is 4. The minimum absolute atomic E-state index is 0.201. The van der Waals surface area contributed by atoms with E-state index in [4.69, 9.17) is 4.74 Å². The summed E-state index contributed by atoms with van der Waals surface area (Å²) in [5.74, 6) is 0.696. The first kappa shape index (κ1) is 11.4. The Morgan fingerprint density at radius 2 is 1.94 bits per heavy atom. The van der Waals surface area contributed by atoms with Gasteiger partial charge in [0.1, 0.15) is 11.9 Å². The summed E-state index contributed by atoms with van der Waals surface area (Å²) in [6, 6.07) is 6.41. The van der Waals surface area contributed by atoms with Crippen molar-refractivity contribution in [1.82, 2.24) is 10.0 Å². The predicted molar refractivity (Wildman–Crippen MR) is 60.0 cm³/mol. The van der Waals surface area contributed by atoms with Crippen molar-refractivity contribution in [3.8, 4) is 5.75 Å². The number of hydrogen-bond donors (Lipinski definition) is 2. The molecule has 1 saturated heterocycles. The molecule has 0 radical (unpaired) electrons. The number of benzene rings is 1. The second-order valence-corrected chi connectivity index (χ2v) is 5.46. The second kappa shape index (κ2) is 4.40. The zero-order valence-corrected chi connectivity index (χ0v) is 9.75. The number of sulfonamides is 1. The standard InChI is InChI=1S/C10H14N2O3S/c1-11-16(13,14)10-4-2-8(3-5-10)15-9-6-12-7-9/h2-5,9,11-12H,6-7H2,1H3. The third kappa shape index (κ3) is 2.34. The average Bonchev–Trinajstić information content (AvgIpc) is 2.24. The van der Waals surface area contributed by atoms with Gasteiger partial charge in [0.05, 0.1) is 4.90 Å². The van der Waals surface area contributed by atoms with Crippen LogP contribution in [-0.4, -0.2) is 34.7 Å². The molecule has 0 atom stereocenters. The molecule has 0 spiro atoms. The maximum atomic E-state index is 11.4. The maximum absolute atomic E-state index is 11.4. The lowest BCUT2D eigenvalue weighted by atomic mass is 10.2. The van der Waals surface area contributed by atoms with Crippen molar-refractivity contribution in [2.24, 2.45) is 0 Å². The van der Waals surface area contributed by atoms with Gasteiger partial charge in [-0.1, -0.05) is 0 Å². The van der Waals surface area contributed by atoms with Crippen molar-refractivity contribution in [3.05, 3.63) is 24.3 Å². The molecule has 88 valence electrons. The first-order valence-corrected chi connectivity index (χ1v) is 6.51. The Morgan fingerprint density at radius 1 is 1.31 bits per heavy atom. The molecule has 6 heteroatoms. The Labute approximate surface area is 94.9 Å². The molecule has 1 aromatic rings. The van der Waals surface area contributed by atoms with Crippen LogP contribution >= 0.6 is 0 Å². The first-order chi connectivity index (χ1) is 7.62. The lowest BCUT2D eigenvalue weighted by molar-refractivity contribution is 0.142. The van der Waals surface area contributed by atoms with Gasteiger partial charge in [0.2, 0.25) is 10.0 Å². The lowest BCUT2D eigenvalue weighted by Crippen LogP contribution is -2.50. The van der Waals surface area contributed by atoms with Gasteiger partial charge in [0.25, 0.3) is 0 Å². The third-order valence-electron chi connectivity index (χ3n) is 2.45. The molecular weight excluding hydrogens is 228 g/mol. The van der Waals surface area contributed by atoms with E-state index in [0.29, 0.717) is 5.75 Å². The van der Waals surface area contributed by atoms with Crippen molar-refractivity contribution >= 4 is 10.0 Å². The largest absolute Gasteiger partial charge is 0.488 e. The highest BCUT2D eigenvalue weighted by Gasteiger charge is 2.18. The summed E-state index contributed by atoms with van der Waals surface area (Å²) in [5.41, 5.74) is 0. The Morgan fingerprint density at radius 3 is 2.38 bits per heavy atom.